The van der Waals surface area contributed by atoms with Crippen molar-refractivity contribution in [3.8, 4) is 11.3 Å². The van der Waals surface area contributed by atoms with Crippen LogP contribution in [0.4, 0.5) is 15.6 Å². The van der Waals surface area contributed by atoms with E-state index in [1.807, 2.05) is 0 Å². The molecular weight excluding hydrogens is 340 g/mol. The highest BCUT2D eigenvalue weighted by molar-refractivity contribution is 7.97. The van der Waals surface area contributed by atoms with Crippen LogP contribution in [0.1, 0.15) is 0 Å². The number of benzene rings is 1. The first-order valence-corrected chi connectivity index (χ1v) is 8.45. The normalized spacial score (nSPS) is 14.5. The molecule has 1 aliphatic rings. The van der Waals surface area contributed by atoms with Gasteiger partial charge in [0, 0.05) is 23.1 Å². The second-order valence-electron chi connectivity index (χ2n) is 4.53. The number of anilines is 1. The first kappa shape index (κ1) is 15.7. The summed E-state index contributed by atoms with van der Waals surface area (Å²) in [6, 6.07) is 5.98. The molecule has 23 heavy (non-hydrogen) atoms. The molecule has 120 valence electrons. The van der Waals surface area contributed by atoms with Crippen molar-refractivity contribution >= 4 is 40.1 Å². The summed E-state index contributed by atoms with van der Waals surface area (Å²) in [5.41, 5.74) is 1.23. The lowest BCUT2D eigenvalue weighted by Gasteiger charge is -2.24. The molecule has 1 fully saturated rings. The van der Waals surface area contributed by atoms with Crippen LogP contribution in [0.5, 0.6) is 0 Å². The molecule has 0 saturated carbocycles. The van der Waals surface area contributed by atoms with Gasteiger partial charge in [-0.1, -0.05) is 12.1 Å². The van der Waals surface area contributed by atoms with Crippen LogP contribution in [0.15, 0.2) is 29.6 Å². The Hall–Kier alpha value is -2.17. The van der Waals surface area contributed by atoms with E-state index in [2.05, 4.69) is 10.3 Å². The number of carbonyl (C=O) groups excluding carboxylic acids is 1. The van der Waals surface area contributed by atoms with E-state index in [4.69, 9.17) is 4.74 Å². The topological polar surface area (TPSA) is 97.6 Å². The van der Waals surface area contributed by atoms with Gasteiger partial charge in [0.15, 0.2) is 5.13 Å². The Labute approximate surface area is 139 Å². The molecular formula is C13H12N4O4S2. The van der Waals surface area contributed by atoms with Gasteiger partial charge in [-0.15, -0.1) is 11.3 Å². The lowest BCUT2D eigenvalue weighted by atomic mass is 10.1. The predicted molar refractivity (Wildman–Crippen MR) is 88.3 cm³/mol. The minimum Gasteiger partial charge on any atom is -0.367 e. The largest absolute Gasteiger partial charge is 0.367 e. The lowest BCUT2D eigenvalue weighted by Crippen LogP contribution is -2.35. The molecule has 3 rings (SSSR count). The average molecular weight is 352 g/mol. The van der Waals surface area contributed by atoms with Crippen molar-refractivity contribution in [3.63, 3.8) is 0 Å². The van der Waals surface area contributed by atoms with Gasteiger partial charge in [-0.3, -0.25) is 19.7 Å². The molecule has 0 spiro atoms. The van der Waals surface area contributed by atoms with E-state index in [0.29, 0.717) is 35.5 Å². The number of nitrogens with one attached hydrogen (secondary N) is 1. The highest BCUT2D eigenvalue weighted by atomic mass is 32.2. The first-order chi connectivity index (χ1) is 11.1. The zero-order valence-corrected chi connectivity index (χ0v) is 13.4. The van der Waals surface area contributed by atoms with Crippen molar-refractivity contribution in [1.82, 2.24) is 9.29 Å². The van der Waals surface area contributed by atoms with Crippen LogP contribution in [0.25, 0.3) is 11.3 Å². The molecule has 1 aromatic carbocycles. The van der Waals surface area contributed by atoms with Crippen molar-refractivity contribution in [2.75, 3.05) is 24.4 Å². The van der Waals surface area contributed by atoms with E-state index in [1.54, 1.807) is 21.8 Å². The number of hydrogen-bond donors (Lipinski definition) is 1. The van der Waals surface area contributed by atoms with Gasteiger partial charge >= 0.3 is 6.03 Å². The Bertz CT molecular complexity index is 730. The predicted octanol–water partition coefficient (Wildman–Crippen LogP) is 3.19. The maximum Gasteiger partial charge on any atom is 0.333 e. The van der Waals surface area contributed by atoms with E-state index in [0.717, 1.165) is 0 Å². The quantitative estimate of drug-likeness (QED) is 0.517. The van der Waals surface area contributed by atoms with Crippen LogP contribution >= 0.6 is 23.3 Å². The molecule has 8 nitrogen and oxygen atoms in total. The standard InChI is InChI=1S/C13H12N4O4S2/c18-13(16-4-5-21-8-23-16)15-12-14-11(7-22-12)9-2-1-3-10(6-9)17(19)20/h1-3,6-7H,4-5,8H2,(H,14,15,18). The number of carbonyl (C=O) groups is 1. The van der Waals surface area contributed by atoms with Crippen LogP contribution in [0.3, 0.4) is 0 Å². The molecule has 1 aliphatic heterocycles. The lowest BCUT2D eigenvalue weighted by molar-refractivity contribution is -0.384. The van der Waals surface area contributed by atoms with Crippen molar-refractivity contribution in [1.29, 1.82) is 0 Å². The minimum absolute atomic E-state index is 0.00537. The van der Waals surface area contributed by atoms with Gasteiger partial charge in [-0.2, -0.15) is 0 Å². The summed E-state index contributed by atoms with van der Waals surface area (Å²) in [5, 5.41) is 15.7. The molecule has 0 atom stereocenters. The summed E-state index contributed by atoms with van der Waals surface area (Å²) in [7, 11) is 0. The minimum atomic E-state index is -0.450. The van der Waals surface area contributed by atoms with E-state index in [1.165, 1.54) is 35.4 Å². The van der Waals surface area contributed by atoms with E-state index in [9.17, 15) is 14.9 Å². The third kappa shape index (κ3) is 3.78. The van der Waals surface area contributed by atoms with Crippen molar-refractivity contribution in [2.24, 2.45) is 0 Å². The van der Waals surface area contributed by atoms with Crippen LogP contribution < -0.4 is 5.32 Å². The van der Waals surface area contributed by atoms with E-state index in [-0.39, 0.29) is 11.7 Å². The zero-order valence-electron chi connectivity index (χ0n) is 11.8. The molecule has 2 aromatic rings. The highest BCUT2D eigenvalue weighted by Gasteiger charge is 2.19. The number of urea groups is 1. The molecule has 0 radical (unpaired) electrons. The second kappa shape index (κ2) is 6.94. The molecule has 0 aliphatic carbocycles. The maximum atomic E-state index is 12.1. The van der Waals surface area contributed by atoms with Gasteiger partial charge in [-0.05, 0) is 11.9 Å². The molecule has 2 amide bonds. The Morgan fingerprint density at radius 3 is 3.09 bits per heavy atom. The summed E-state index contributed by atoms with van der Waals surface area (Å²) in [4.78, 5) is 26.8. The number of nitro benzene ring substituents is 1. The Kier molecular flexibility index (Phi) is 4.74. The summed E-state index contributed by atoms with van der Waals surface area (Å²) >= 11 is 2.57. The van der Waals surface area contributed by atoms with Crippen molar-refractivity contribution in [3.05, 3.63) is 39.8 Å². The molecule has 10 heteroatoms. The number of aromatic nitrogens is 1. The van der Waals surface area contributed by atoms with Crippen molar-refractivity contribution < 1.29 is 14.5 Å². The summed E-state index contributed by atoms with van der Waals surface area (Å²) in [5.74, 6) is 0.449. The van der Waals surface area contributed by atoms with Gasteiger partial charge in [0.05, 0.1) is 23.8 Å². The third-order valence-electron chi connectivity index (χ3n) is 3.03. The zero-order chi connectivity index (χ0) is 16.2. The fourth-order valence-corrected chi connectivity index (χ4v) is 3.32. The van der Waals surface area contributed by atoms with Gasteiger partial charge in [0.1, 0.15) is 5.94 Å². The number of rotatable bonds is 3. The van der Waals surface area contributed by atoms with E-state index >= 15 is 0 Å². The SMILES string of the molecule is O=C(Nc1nc(-c2cccc([N+](=O)[O-])c2)cs1)N1CCOCS1. The highest BCUT2D eigenvalue weighted by Crippen LogP contribution is 2.28. The summed E-state index contributed by atoms with van der Waals surface area (Å²) in [6.07, 6.45) is 0. The number of non-ortho nitro benzene ring substituents is 1. The molecule has 1 saturated heterocycles. The average Bonchev–Trinajstić information content (AvgIpc) is 3.04. The smallest absolute Gasteiger partial charge is 0.333 e. The van der Waals surface area contributed by atoms with Crippen LogP contribution in [0.2, 0.25) is 0 Å². The van der Waals surface area contributed by atoms with Crippen LogP contribution in [0, 0.1) is 10.1 Å². The van der Waals surface area contributed by atoms with Gasteiger partial charge in [0.2, 0.25) is 0 Å². The summed E-state index contributed by atoms with van der Waals surface area (Å²) < 4.78 is 6.75. The Morgan fingerprint density at radius 1 is 1.48 bits per heavy atom. The number of nitrogens with zero attached hydrogens (tertiary/aromatic N) is 3. The number of amides is 2. The fraction of sp³-hybridized carbons (Fsp3) is 0.231. The number of ether oxygens (including phenoxy) is 1. The van der Waals surface area contributed by atoms with Crippen LogP contribution in [-0.4, -0.2) is 39.3 Å². The summed E-state index contributed by atoms with van der Waals surface area (Å²) in [6.45, 7) is 1.02. The van der Waals surface area contributed by atoms with E-state index < -0.39 is 4.92 Å². The molecule has 1 aromatic heterocycles. The van der Waals surface area contributed by atoms with Gasteiger partial charge < -0.3 is 4.74 Å². The fourth-order valence-electron chi connectivity index (χ4n) is 1.93. The molecule has 1 N–H and O–H groups in total. The molecule has 0 unspecified atom stereocenters. The molecule has 0 bridgehead atoms. The van der Waals surface area contributed by atoms with Crippen LogP contribution in [-0.2, 0) is 4.74 Å². The first-order valence-electron chi connectivity index (χ1n) is 6.63. The number of thiazole rings is 1. The maximum absolute atomic E-state index is 12.1. The van der Waals surface area contributed by atoms with Gasteiger partial charge in [-0.25, -0.2) is 9.78 Å². The van der Waals surface area contributed by atoms with Crippen molar-refractivity contribution in [2.45, 2.75) is 0 Å². The van der Waals surface area contributed by atoms with Gasteiger partial charge in [0.25, 0.3) is 5.69 Å². The molecule has 2 heterocycles. The third-order valence-corrected chi connectivity index (χ3v) is 4.72. The second-order valence-corrected chi connectivity index (χ2v) is 6.33. The monoisotopic (exact) mass is 352 g/mol. The number of nitro groups is 1. The Balaban J connectivity index is 1.71. The Morgan fingerprint density at radius 2 is 2.35 bits per heavy atom. The number of hydrogen-bond acceptors (Lipinski definition) is 7.